The van der Waals surface area contributed by atoms with Crippen LogP contribution in [0.5, 0.6) is 0 Å². The van der Waals surface area contributed by atoms with Crippen LogP contribution in [0, 0.1) is 0 Å². The largest absolute Gasteiger partial charge is 0.478 e. The Morgan fingerprint density at radius 2 is 2.05 bits per heavy atom. The van der Waals surface area contributed by atoms with E-state index in [1.807, 2.05) is 0 Å². The third-order valence-electron chi connectivity index (χ3n) is 2.14. The molecule has 0 atom stereocenters. The maximum atomic E-state index is 12.6. The van der Waals surface area contributed by atoms with Crippen molar-refractivity contribution >= 4 is 17.6 Å². The normalized spacial score (nSPS) is 11.6. The van der Waals surface area contributed by atoms with Gasteiger partial charge >= 0.3 is 12.1 Å². The Hall–Kier alpha value is -2.09. The zero-order valence-corrected chi connectivity index (χ0v) is 9.77. The molecule has 0 aliphatic rings. The maximum absolute atomic E-state index is 12.6. The van der Waals surface area contributed by atoms with Crippen molar-refractivity contribution in [1.82, 2.24) is 14.8 Å². The predicted octanol–water partition coefficient (Wildman–Crippen LogP) is 2.64. The lowest BCUT2D eigenvalue weighted by Gasteiger charge is -2.09. The van der Waals surface area contributed by atoms with E-state index in [0.29, 0.717) is 6.07 Å². The lowest BCUT2D eigenvalue weighted by atomic mass is 10.2. The second-order valence-electron chi connectivity index (χ2n) is 3.49. The monoisotopic (exact) mass is 291 g/mol. The highest BCUT2D eigenvalue weighted by molar-refractivity contribution is 6.29. The molecule has 2 heterocycles. The molecule has 19 heavy (non-hydrogen) atoms. The van der Waals surface area contributed by atoms with E-state index in [4.69, 9.17) is 16.7 Å². The second kappa shape index (κ2) is 4.54. The number of aromatic nitrogens is 3. The van der Waals surface area contributed by atoms with Crippen molar-refractivity contribution in [2.45, 2.75) is 6.18 Å². The first-order chi connectivity index (χ1) is 8.77. The summed E-state index contributed by atoms with van der Waals surface area (Å²) in [4.78, 5) is 14.1. The number of nitrogens with zero attached hydrogens (tertiary/aromatic N) is 3. The molecule has 2 rings (SSSR count). The molecule has 0 unspecified atom stereocenters. The summed E-state index contributed by atoms with van der Waals surface area (Å²) in [5.74, 6) is -1.77. The van der Waals surface area contributed by atoms with E-state index in [1.54, 1.807) is 0 Å². The van der Waals surface area contributed by atoms with Crippen LogP contribution in [0.4, 0.5) is 13.2 Å². The summed E-state index contributed by atoms with van der Waals surface area (Å²) >= 11 is 5.54. The molecular weight excluding hydrogens is 287 g/mol. The molecule has 0 spiro atoms. The molecule has 5 nitrogen and oxygen atoms in total. The van der Waals surface area contributed by atoms with Crippen LogP contribution in [0.2, 0.25) is 5.15 Å². The zero-order chi connectivity index (χ0) is 14.2. The van der Waals surface area contributed by atoms with Crippen molar-refractivity contribution in [3.05, 3.63) is 40.8 Å². The van der Waals surface area contributed by atoms with Gasteiger partial charge in [-0.2, -0.15) is 18.3 Å². The van der Waals surface area contributed by atoms with Gasteiger partial charge in [0.15, 0.2) is 11.0 Å². The lowest BCUT2D eigenvalue weighted by molar-refractivity contribution is -0.141. The number of halogens is 4. The van der Waals surface area contributed by atoms with Crippen LogP contribution in [0.3, 0.4) is 0 Å². The molecule has 0 bridgehead atoms. The maximum Gasteiger partial charge on any atom is 0.433 e. The molecule has 0 saturated carbocycles. The first-order valence-corrected chi connectivity index (χ1v) is 5.19. The van der Waals surface area contributed by atoms with E-state index in [-0.39, 0.29) is 11.0 Å². The van der Waals surface area contributed by atoms with Crippen LogP contribution < -0.4 is 0 Å². The third-order valence-corrected chi connectivity index (χ3v) is 2.34. The fourth-order valence-corrected chi connectivity index (χ4v) is 1.47. The molecule has 0 aliphatic heterocycles. The number of carboxylic acid groups (broad SMARTS) is 1. The zero-order valence-electron chi connectivity index (χ0n) is 9.02. The number of rotatable bonds is 2. The molecule has 0 fully saturated rings. The molecule has 0 radical (unpaired) electrons. The van der Waals surface area contributed by atoms with E-state index >= 15 is 0 Å². The van der Waals surface area contributed by atoms with Crippen LogP contribution in [-0.2, 0) is 6.18 Å². The number of aromatic carboxylic acids is 1. The third kappa shape index (κ3) is 2.84. The Bertz CT molecular complexity index is 639. The van der Waals surface area contributed by atoms with Gasteiger partial charge in [0, 0.05) is 6.20 Å². The minimum absolute atomic E-state index is 0.0519. The van der Waals surface area contributed by atoms with Gasteiger partial charge in [0.05, 0.1) is 5.56 Å². The molecule has 0 aliphatic carbocycles. The van der Waals surface area contributed by atoms with Crippen LogP contribution in [0.1, 0.15) is 16.1 Å². The topological polar surface area (TPSA) is 68.0 Å². The molecular formula is C10H5ClF3N3O2. The van der Waals surface area contributed by atoms with Crippen LogP contribution >= 0.6 is 11.6 Å². The van der Waals surface area contributed by atoms with Gasteiger partial charge in [0.1, 0.15) is 5.69 Å². The summed E-state index contributed by atoms with van der Waals surface area (Å²) < 4.78 is 38.8. The Kier molecular flexibility index (Phi) is 3.19. The fraction of sp³-hybridized carbons (Fsp3) is 0.100. The highest BCUT2D eigenvalue weighted by atomic mass is 35.5. The molecule has 1 N–H and O–H groups in total. The van der Waals surface area contributed by atoms with Gasteiger partial charge in [-0.15, -0.1) is 0 Å². The molecule has 100 valence electrons. The van der Waals surface area contributed by atoms with Gasteiger partial charge in [0.25, 0.3) is 0 Å². The Labute approximate surface area is 109 Å². The minimum Gasteiger partial charge on any atom is -0.478 e. The average molecular weight is 292 g/mol. The van der Waals surface area contributed by atoms with E-state index in [0.717, 1.165) is 10.7 Å². The number of carbonyl (C=O) groups is 1. The number of alkyl halides is 3. The van der Waals surface area contributed by atoms with Crippen molar-refractivity contribution in [1.29, 1.82) is 0 Å². The summed E-state index contributed by atoms with van der Waals surface area (Å²) in [5.41, 5.74) is -1.85. The van der Waals surface area contributed by atoms with Gasteiger partial charge in [0.2, 0.25) is 0 Å². The van der Waals surface area contributed by atoms with Gasteiger partial charge < -0.3 is 5.11 Å². The van der Waals surface area contributed by atoms with E-state index < -0.39 is 23.4 Å². The van der Waals surface area contributed by atoms with Crippen molar-refractivity contribution in [3.8, 4) is 5.82 Å². The number of pyridine rings is 1. The van der Waals surface area contributed by atoms with E-state index in [2.05, 4.69) is 10.1 Å². The van der Waals surface area contributed by atoms with Crippen LogP contribution in [-0.4, -0.2) is 25.8 Å². The van der Waals surface area contributed by atoms with Gasteiger partial charge in [-0.3, -0.25) is 0 Å². The summed E-state index contributed by atoms with van der Waals surface area (Å²) in [6, 6.07) is 2.77. The predicted molar refractivity (Wildman–Crippen MR) is 58.3 cm³/mol. The number of carboxylic acids is 1. The van der Waals surface area contributed by atoms with Gasteiger partial charge in [-0.1, -0.05) is 11.6 Å². The lowest BCUT2D eigenvalue weighted by Crippen LogP contribution is -2.13. The summed E-state index contributed by atoms with van der Waals surface area (Å²) in [6.07, 6.45) is -3.48. The summed E-state index contributed by atoms with van der Waals surface area (Å²) in [6.45, 7) is 0. The first-order valence-electron chi connectivity index (χ1n) is 4.81. The molecule has 0 saturated heterocycles. The average Bonchev–Trinajstić information content (AvgIpc) is 2.74. The van der Waals surface area contributed by atoms with Crippen molar-refractivity contribution in [3.63, 3.8) is 0 Å². The van der Waals surface area contributed by atoms with Crippen molar-refractivity contribution in [2.75, 3.05) is 0 Å². The number of hydrogen-bond acceptors (Lipinski definition) is 3. The van der Waals surface area contributed by atoms with Crippen molar-refractivity contribution in [2.24, 2.45) is 0 Å². The van der Waals surface area contributed by atoms with Crippen LogP contribution in [0.25, 0.3) is 5.82 Å². The van der Waals surface area contributed by atoms with Crippen LogP contribution in [0.15, 0.2) is 24.4 Å². The fourth-order valence-electron chi connectivity index (χ4n) is 1.33. The van der Waals surface area contributed by atoms with E-state index in [9.17, 15) is 18.0 Å². The highest BCUT2D eigenvalue weighted by Gasteiger charge is 2.34. The molecule has 2 aromatic rings. The number of hydrogen-bond donors (Lipinski definition) is 1. The smallest absolute Gasteiger partial charge is 0.433 e. The molecule has 2 aromatic heterocycles. The Morgan fingerprint density at radius 1 is 1.37 bits per heavy atom. The highest BCUT2D eigenvalue weighted by Crippen LogP contribution is 2.29. The Balaban J connectivity index is 2.61. The quantitative estimate of drug-likeness (QED) is 0.923. The molecule has 9 heteroatoms. The molecule has 0 aromatic carbocycles. The standard InChI is InChI=1S/C10H5ClF3N3O2/c11-7-1-2-17(16-7)8-4-5(9(18)19)3-6(15-8)10(12,13)14/h1-4H,(H,18,19). The minimum atomic E-state index is -4.75. The van der Waals surface area contributed by atoms with E-state index in [1.165, 1.54) is 12.3 Å². The van der Waals surface area contributed by atoms with Crippen molar-refractivity contribution < 1.29 is 23.1 Å². The Morgan fingerprint density at radius 3 is 2.53 bits per heavy atom. The second-order valence-corrected chi connectivity index (χ2v) is 3.87. The van der Waals surface area contributed by atoms with Gasteiger partial charge in [-0.05, 0) is 18.2 Å². The van der Waals surface area contributed by atoms with Gasteiger partial charge in [-0.25, -0.2) is 14.5 Å². The SMILES string of the molecule is O=C(O)c1cc(-n2ccc(Cl)n2)nc(C(F)(F)F)c1. The first kappa shape index (κ1) is 13.3. The molecule has 0 amide bonds. The summed E-state index contributed by atoms with van der Waals surface area (Å²) in [5, 5.41) is 12.5. The summed E-state index contributed by atoms with van der Waals surface area (Å²) in [7, 11) is 0.